The van der Waals surface area contributed by atoms with E-state index in [9.17, 15) is 4.79 Å². The molecule has 1 aromatic carbocycles. The van der Waals surface area contributed by atoms with Gasteiger partial charge in [-0.2, -0.15) is 0 Å². The Morgan fingerprint density at radius 2 is 2.16 bits per heavy atom. The van der Waals surface area contributed by atoms with Gasteiger partial charge in [0.05, 0.1) is 0 Å². The van der Waals surface area contributed by atoms with Crippen molar-refractivity contribution in [1.82, 2.24) is 4.90 Å². The van der Waals surface area contributed by atoms with Crippen molar-refractivity contribution in [3.63, 3.8) is 0 Å². The standard InChI is InChI=1S/C14H17BrClNO2/c15-11-7-10(8-12(16)9-11)14(19)17(5-2-6-18)13-3-1-4-13/h7-9,13,18H,1-6H2. The van der Waals surface area contributed by atoms with E-state index in [-0.39, 0.29) is 12.5 Å². The fourth-order valence-corrected chi connectivity index (χ4v) is 3.09. The molecule has 1 saturated carbocycles. The number of carbonyl (C=O) groups is 1. The Labute approximate surface area is 126 Å². The molecule has 0 atom stereocenters. The van der Waals surface area contributed by atoms with Crippen LogP contribution >= 0.6 is 27.5 Å². The zero-order valence-electron chi connectivity index (χ0n) is 10.6. The maximum absolute atomic E-state index is 12.6. The van der Waals surface area contributed by atoms with Crippen molar-refractivity contribution in [2.24, 2.45) is 0 Å². The molecule has 2 rings (SSSR count). The molecule has 1 N–H and O–H groups in total. The normalized spacial score (nSPS) is 15.1. The molecule has 0 saturated heterocycles. The number of aliphatic hydroxyl groups excluding tert-OH is 1. The third kappa shape index (κ3) is 3.71. The van der Waals surface area contributed by atoms with Crippen molar-refractivity contribution in [3.05, 3.63) is 33.3 Å². The molecule has 0 aliphatic heterocycles. The van der Waals surface area contributed by atoms with Crippen LogP contribution in [0.15, 0.2) is 22.7 Å². The number of aliphatic hydroxyl groups is 1. The minimum Gasteiger partial charge on any atom is -0.396 e. The molecule has 1 aromatic rings. The van der Waals surface area contributed by atoms with E-state index in [0.29, 0.717) is 29.6 Å². The monoisotopic (exact) mass is 345 g/mol. The molecule has 1 amide bonds. The highest BCUT2D eigenvalue weighted by molar-refractivity contribution is 9.10. The van der Waals surface area contributed by atoms with Crippen LogP contribution in [0.2, 0.25) is 5.02 Å². The van der Waals surface area contributed by atoms with Crippen LogP contribution in [0.5, 0.6) is 0 Å². The van der Waals surface area contributed by atoms with Crippen LogP contribution < -0.4 is 0 Å². The van der Waals surface area contributed by atoms with Crippen LogP contribution in [-0.4, -0.2) is 35.1 Å². The highest BCUT2D eigenvalue weighted by Crippen LogP contribution is 2.28. The summed E-state index contributed by atoms with van der Waals surface area (Å²) >= 11 is 9.35. The average molecular weight is 347 g/mol. The second-order valence-electron chi connectivity index (χ2n) is 4.82. The molecule has 0 radical (unpaired) electrons. The number of carbonyl (C=O) groups excluding carboxylic acids is 1. The Morgan fingerprint density at radius 1 is 1.42 bits per heavy atom. The van der Waals surface area contributed by atoms with Crippen LogP contribution in [0.4, 0.5) is 0 Å². The molecule has 104 valence electrons. The van der Waals surface area contributed by atoms with E-state index in [1.54, 1.807) is 18.2 Å². The maximum Gasteiger partial charge on any atom is 0.254 e. The van der Waals surface area contributed by atoms with Gasteiger partial charge in [0.2, 0.25) is 0 Å². The van der Waals surface area contributed by atoms with E-state index < -0.39 is 0 Å². The summed E-state index contributed by atoms with van der Waals surface area (Å²) in [6, 6.07) is 5.56. The van der Waals surface area contributed by atoms with E-state index in [4.69, 9.17) is 16.7 Å². The quantitative estimate of drug-likeness (QED) is 0.887. The van der Waals surface area contributed by atoms with E-state index in [2.05, 4.69) is 15.9 Å². The minimum absolute atomic E-state index is 0.00125. The summed E-state index contributed by atoms with van der Waals surface area (Å²) in [4.78, 5) is 14.4. The molecule has 19 heavy (non-hydrogen) atoms. The summed E-state index contributed by atoms with van der Waals surface area (Å²) in [6.07, 6.45) is 3.90. The molecule has 1 aliphatic carbocycles. The van der Waals surface area contributed by atoms with Gasteiger partial charge in [-0.3, -0.25) is 4.79 Å². The highest BCUT2D eigenvalue weighted by Gasteiger charge is 2.29. The van der Waals surface area contributed by atoms with Crippen LogP contribution in [0.1, 0.15) is 36.0 Å². The van der Waals surface area contributed by atoms with Crippen molar-refractivity contribution >= 4 is 33.4 Å². The number of hydrogen-bond acceptors (Lipinski definition) is 2. The number of benzene rings is 1. The van der Waals surface area contributed by atoms with Gasteiger partial charge in [0, 0.05) is 34.3 Å². The Morgan fingerprint density at radius 3 is 2.68 bits per heavy atom. The van der Waals surface area contributed by atoms with Crippen molar-refractivity contribution in [3.8, 4) is 0 Å². The van der Waals surface area contributed by atoms with Crippen molar-refractivity contribution in [2.75, 3.05) is 13.2 Å². The second-order valence-corrected chi connectivity index (χ2v) is 6.17. The van der Waals surface area contributed by atoms with Gasteiger partial charge in [0.15, 0.2) is 0 Å². The fourth-order valence-electron chi connectivity index (χ4n) is 2.23. The Hall–Kier alpha value is -0.580. The number of amides is 1. The average Bonchev–Trinajstić information content (AvgIpc) is 2.29. The molecule has 3 nitrogen and oxygen atoms in total. The van der Waals surface area contributed by atoms with E-state index >= 15 is 0 Å². The maximum atomic E-state index is 12.6. The first kappa shape index (κ1) is 14.8. The SMILES string of the molecule is O=C(c1cc(Cl)cc(Br)c1)N(CCCO)C1CCC1. The smallest absolute Gasteiger partial charge is 0.254 e. The van der Waals surface area contributed by atoms with Crippen LogP contribution in [0, 0.1) is 0 Å². The third-order valence-electron chi connectivity index (χ3n) is 3.44. The van der Waals surface area contributed by atoms with Crippen LogP contribution in [0.3, 0.4) is 0 Å². The molecular formula is C14H17BrClNO2. The highest BCUT2D eigenvalue weighted by atomic mass is 79.9. The zero-order valence-corrected chi connectivity index (χ0v) is 13.0. The lowest BCUT2D eigenvalue weighted by molar-refractivity contribution is 0.0562. The Balaban J connectivity index is 2.17. The van der Waals surface area contributed by atoms with Gasteiger partial charge in [0.1, 0.15) is 0 Å². The summed E-state index contributed by atoms with van der Waals surface area (Å²) < 4.78 is 0.805. The van der Waals surface area contributed by atoms with Crippen molar-refractivity contribution < 1.29 is 9.90 Å². The van der Waals surface area contributed by atoms with Gasteiger partial charge in [-0.25, -0.2) is 0 Å². The van der Waals surface area contributed by atoms with Gasteiger partial charge < -0.3 is 10.0 Å². The molecule has 1 aliphatic rings. The lowest BCUT2D eigenvalue weighted by atomic mass is 9.90. The number of hydrogen-bond donors (Lipinski definition) is 1. The second kappa shape index (κ2) is 6.73. The molecule has 5 heteroatoms. The first-order chi connectivity index (χ1) is 9.11. The van der Waals surface area contributed by atoms with E-state index in [0.717, 1.165) is 17.3 Å². The van der Waals surface area contributed by atoms with Gasteiger partial charge >= 0.3 is 0 Å². The number of halogens is 2. The first-order valence-electron chi connectivity index (χ1n) is 6.49. The summed E-state index contributed by atoms with van der Waals surface area (Å²) in [5, 5.41) is 9.51. The molecule has 1 fully saturated rings. The number of nitrogens with zero attached hydrogens (tertiary/aromatic N) is 1. The predicted octanol–water partition coefficient (Wildman–Crippen LogP) is 3.48. The Kier molecular flexibility index (Phi) is 5.25. The van der Waals surface area contributed by atoms with E-state index in [1.165, 1.54) is 6.42 Å². The molecule has 0 spiro atoms. The molecular weight excluding hydrogens is 330 g/mol. The van der Waals surface area contributed by atoms with Crippen molar-refractivity contribution in [2.45, 2.75) is 31.7 Å². The largest absolute Gasteiger partial charge is 0.396 e. The fraction of sp³-hybridized carbons (Fsp3) is 0.500. The summed E-state index contributed by atoms with van der Waals surface area (Å²) in [6.45, 7) is 0.708. The van der Waals surface area contributed by atoms with Gasteiger partial charge in [-0.1, -0.05) is 27.5 Å². The first-order valence-corrected chi connectivity index (χ1v) is 7.67. The lowest BCUT2D eigenvalue weighted by Gasteiger charge is -2.37. The van der Waals surface area contributed by atoms with Gasteiger partial charge in [-0.05, 0) is 43.9 Å². The van der Waals surface area contributed by atoms with E-state index in [1.807, 2.05) is 4.90 Å². The molecule has 0 heterocycles. The Bertz CT molecular complexity index is 443. The molecule has 0 unspecified atom stereocenters. The lowest BCUT2D eigenvalue weighted by Crippen LogP contribution is -2.45. The van der Waals surface area contributed by atoms with Crippen LogP contribution in [0.25, 0.3) is 0 Å². The molecule has 0 aromatic heterocycles. The van der Waals surface area contributed by atoms with Gasteiger partial charge in [0.25, 0.3) is 5.91 Å². The topological polar surface area (TPSA) is 40.5 Å². The van der Waals surface area contributed by atoms with Crippen LogP contribution in [-0.2, 0) is 0 Å². The minimum atomic E-state index is 0.00125. The predicted molar refractivity (Wildman–Crippen MR) is 79.5 cm³/mol. The summed E-state index contributed by atoms with van der Waals surface area (Å²) in [7, 11) is 0. The van der Waals surface area contributed by atoms with Crippen molar-refractivity contribution in [1.29, 1.82) is 0 Å². The molecule has 0 bridgehead atoms. The number of rotatable bonds is 5. The van der Waals surface area contributed by atoms with Gasteiger partial charge in [-0.15, -0.1) is 0 Å². The summed E-state index contributed by atoms with van der Waals surface area (Å²) in [5.41, 5.74) is 0.601. The summed E-state index contributed by atoms with van der Waals surface area (Å²) in [5.74, 6) is 0.00125. The third-order valence-corrected chi connectivity index (χ3v) is 4.12. The zero-order chi connectivity index (χ0) is 13.8.